The minimum atomic E-state index is -0.943. The van der Waals surface area contributed by atoms with Gasteiger partial charge >= 0.3 is 12.1 Å². The molecular weight excluding hydrogens is 488 g/mol. The summed E-state index contributed by atoms with van der Waals surface area (Å²) in [4.78, 5) is 62.6. The lowest BCUT2D eigenvalue weighted by Gasteiger charge is -2.23. The number of hydrogen-bond acceptors (Lipinski definition) is 7. The summed E-state index contributed by atoms with van der Waals surface area (Å²) >= 11 is 0. The van der Waals surface area contributed by atoms with Gasteiger partial charge in [-0.2, -0.15) is 0 Å². The SMILES string of the molecule is CC(C)CCCC(=O)Cn1cccc(CC(=O)[C@H](CC/C=C/C(=O)OC(C)C)NC(=O)OC(C)(C)C)c1=O. The third-order valence-corrected chi connectivity index (χ3v) is 5.35. The Morgan fingerprint density at radius 2 is 1.76 bits per heavy atom. The van der Waals surface area contributed by atoms with Crippen molar-refractivity contribution in [2.24, 2.45) is 5.92 Å². The van der Waals surface area contributed by atoms with Crippen molar-refractivity contribution in [1.29, 1.82) is 0 Å². The average Bonchev–Trinajstić information content (AvgIpc) is 2.76. The highest BCUT2D eigenvalue weighted by atomic mass is 16.6. The van der Waals surface area contributed by atoms with Gasteiger partial charge in [0.2, 0.25) is 0 Å². The van der Waals surface area contributed by atoms with Gasteiger partial charge in [0.1, 0.15) is 5.60 Å². The number of nitrogens with zero attached hydrogens (tertiary/aromatic N) is 1. The van der Waals surface area contributed by atoms with E-state index in [9.17, 15) is 24.0 Å². The van der Waals surface area contributed by atoms with Gasteiger partial charge in [0, 0.05) is 30.7 Å². The number of hydrogen-bond donors (Lipinski definition) is 1. The Morgan fingerprint density at radius 3 is 2.37 bits per heavy atom. The number of allylic oxidation sites excluding steroid dienone is 1. The second-order valence-electron chi connectivity index (χ2n) is 11.1. The van der Waals surface area contributed by atoms with Crippen LogP contribution in [0.25, 0.3) is 0 Å². The number of pyridine rings is 1. The maximum absolute atomic E-state index is 13.2. The fourth-order valence-electron chi connectivity index (χ4n) is 3.61. The molecule has 212 valence electrons. The van der Waals surface area contributed by atoms with Crippen LogP contribution < -0.4 is 10.9 Å². The predicted molar refractivity (Wildman–Crippen MR) is 146 cm³/mol. The van der Waals surface area contributed by atoms with Gasteiger partial charge in [-0.3, -0.25) is 14.4 Å². The minimum Gasteiger partial charge on any atom is -0.460 e. The zero-order valence-electron chi connectivity index (χ0n) is 23.9. The topological polar surface area (TPSA) is 121 Å². The summed E-state index contributed by atoms with van der Waals surface area (Å²) in [6.45, 7) is 12.8. The quantitative estimate of drug-likeness (QED) is 0.260. The normalized spacial score (nSPS) is 12.6. The van der Waals surface area contributed by atoms with Crippen LogP contribution in [0.2, 0.25) is 0 Å². The fourth-order valence-corrected chi connectivity index (χ4v) is 3.61. The number of ketones is 2. The third kappa shape index (κ3) is 13.9. The second kappa shape index (κ2) is 15.9. The van der Waals surface area contributed by atoms with Gasteiger partial charge in [-0.1, -0.05) is 32.4 Å². The Labute approximate surface area is 226 Å². The van der Waals surface area contributed by atoms with Crippen molar-refractivity contribution in [1.82, 2.24) is 9.88 Å². The number of carbonyl (C=O) groups excluding carboxylic acids is 4. The van der Waals surface area contributed by atoms with Crippen molar-refractivity contribution in [2.75, 3.05) is 0 Å². The number of carbonyl (C=O) groups is 4. The van der Waals surface area contributed by atoms with E-state index >= 15 is 0 Å². The first-order chi connectivity index (χ1) is 17.7. The number of ether oxygens (including phenoxy) is 2. The van der Waals surface area contributed by atoms with Crippen LogP contribution in [0, 0.1) is 5.92 Å². The number of aromatic nitrogens is 1. The maximum atomic E-state index is 13.2. The van der Waals surface area contributed by atoms with Gasteiger partial charge < -0.3 is 19.4 Å². The molecule has 0 aromatic carbocycles. The fraction of sp³-hybridized carbons (Fsp3) is 0.621. The van der Waals surface area contributed by atoms with Gasteiger partial charge in [-0.25, -0.2) is 9.59 Å². The lowest BCUT2D eigenvalue weighted by atomic mass is 10.0. The van der Waals surface area contributed by atoms with E-state index in [4.69, 9.17) is 9.47 Å². The minimum absolute atomic E-state index is 0.0384. The lowest BCUT2D eigenvalue weighted by molar-refractivity contribution is -0.141. The molecule has 1 aromatic heterocycles. The number of Topliss-reactive ketones (excluding diaryl/α,β-unsaturated/α-hetero) is 2. The van der Waals surface area contributed by atoms with Crippen molar-refractivity contribution >= 4 is 23.6 Å². The maximum Gasteiger partial charge on any atom is 0.408 e. The predicted octanol–water partition coefficient (Wildman–Crippen LogP) is 4.54. The molecule has 1 rings (SSSR count). The summed E-state index contributed by atoms with van der Waals surface area (Å²) < 4.78 is 11.7. The Hall–Kier alpha value is -3.23. The second-order valence-corrected chi connectivity index (χ2v) is 11.1. The molecule has 38 heavy (non-hydrogen) atoms. The molecule has 9 heteroatoms. The summed E-state index contributed by atoms with van der Waals surface area (Å²) in [5.41, 5.74) is -0.933. The monoisotopic (exact) mass is 532 g/mol. The Balaban J connectivity index is 2.94. The molecular formula is C29H44N2O7. The highest BCUT2D eigenvalue weighted by Gasteiger charge is 2.25. The van der Waals surface area contributed by atoms with Crippen molar-refractivity contribution in [3.05, 3.63) is 46.4 Å². The Bertz CT molecular complexity index is 1030. The Kier molecular flexibility index (Phi) is 13.7. The third-order valence-electron chi connectivity index (χ3n) is 5.35. The molecule has 0 spiro atoms. The van der Waals surface area contributed by atoms with Gasteiger partial charge in [0.05, 0.1) is 18.7 Å². The largest absolute Gasteiger partial charge is 0.460 e. The number of alkyl carbamates (subject to hydrolysis) is 1. The molecule has 1 atom stereocenters. The van der Waals surface area contributed by atoms with Crippen LogP contribution in [-0.2, 0) is 36.8 Å². The number of rotatable bonds is 15. The lowest BCUT2D eigenvalue weighted by Crippen LogP contribution is -2.44. The summed E-state index contributed by atoms with van der Waals surface area (Å²) in [6.07, 6.45) is 5.77. The molecule has 0 aliphatic heterocycles. The van der Waals surface area contributed by atoms with Gasteiger partial charge in [-0.15, -0.1) is 0 Å². The van der Waals surface area contributed by atoms with Crippen LogP contribution in [0.1, 0.15) is 86.1 Å². The molecule has 0 bridgehead atoms. The van der Waals surface area contributed by atoms with E-state index < -0.39 is 29.3 Å². The smallest absolute Gasteiger partial charge is 0.408 e. The number of amides is 1. The first-order valence-electron chi connectivity index (χ1n) is 13.3. The van der Waals surface area contributed by atoms with E-state index in [2.05, 4.69) is 19.2 Å². The average molecular weight is 533 g/mol. The summed E-state index contributed by atoms with van der Waals surface area (Å²) in [7, 11) is 0. The first kappa shape index (κ1) is 32.8. The Morgan fingerprint density at radius 1 is 1.08 bits per heavy atom. The van der Waals surface area contributed by atoms with Crippen LogP contribution >= 0.6 is 0 Å². The molecule has 1 N–H and O–H groups in total. The molecule has 0 aliphatic rings. The molecule has 1 aromatic rings. The van der Waals surface area contributed by atoms with Crippen LogP contribution in [0.5, 0.6) is 0 Å². The summed E-state index contributed by atoms with van der Waals surface area (Å²) in [5.74, 6) is -0.409. The van der Waals surface area contributed by atoms with Crippen molar-refractivity contribution < 1.29 is 28.7 Å². The zero-order chi connectivity index (χ0) is 28.9. The number of nitrogens with one attached hydrogen (secondary N) is 1. The molecule has 0 fully saturated rings. The summed E-state index contributed by atoms with van der Waals surface area (Å²) in [6, 6.07) is 2.23. The van der Waals surface area contributed by atoms with E-state index in [0.717, 1.165) is 12.8 Å². The molecule has 0 unspecified atom stereocenters. The van der Waals surface area contributed by atoms with Crippen LogP contribution in [0.3, 0.4) is 0 Å². The standard InChI is InChI=1S/C29H44N2O7/c1-20(2)12-10-14-23(32)19-31-17-11-13-22(27(31)35)18-25(33)24(30-28(36)38-29(5,6)7)15-8-9-16-26(34)37-21(3)4/h9,11,13,16-17,20-21,24H,8,10,12,14-15,18-19H2,1-7H3,(H,30,36)/b16-9+/t24-/m0/s1. The first-order valence-corrected chi connectivity index (χ1v) is 13.3. The van der Waals surface area contributed by atoms with Crippen LogP contribution in [0.4, 0.5) is 4.79 Å². The van der Waals surface area contributed by atoms with Crippen molar-refractivity contribution in [3.8, 4) is 0 Å². The molecule has 0 saturated heterocycles. The molecule has 0 radical (unpaired) electrons. The van der Waals surface area contributed by atoms with Crippen LogP contribution in [0.15, 0.2) is 35.3 Å². The van der Waals surface area contributed by atoms with Crippen LogP contribution in [-0.4, -0.2) is 45.9 Å². The van der Waals surface area contributed by atoms with Crippen molar-refractivity contribution in [2.45, 2.75) is 111 Å². The molecule has 0 saturated carbocycles. The highest BCUT2D eigenvalue weighted by molar-refractivity contribution is 5.89. The van der Waals surface area contributed by atoms with Gasteiger partial charge in [0.15, 0.2) is 11.6 Å². The van der Waals surface area contributed by atoms with E-state index in [-0.39, 0.29) is 42.6 Å². The highest BCUT2D eigenvalue weighted by Crippen LogP contribution is 2.10. The van der Waals surface area contributed by atoms with Gasteiger partial charge in [0.25, 0.3) is 5.56 Å². The van der Waals surface area contributed by atoms with Crippen molar-refractivity contribution in [3.63, 3.8) is 0 Å². The summed E-state index contributed by atoms with van der Waals surface area (Å²) in [5, 5.41) is 2.59. The molecule has 1 heterocycles. The van der Waals surface area contributed by atoms with Gasteiger partial charge in [-0.05, 0) is 65.9 Å². The zero-order valence-corrected chi connectivity index (χ0v) is 23.9. The molecule has 1 amide bonds. The van der Waals surface area contributed by atoms with E-state index in [1.807, 2.05) is 0 Å². The molecule has 0 aliphatic carbocycles. The van der Waals surface area contributed by atoms with E-state index in [0.29, 0.717) is 18.8 Å². The molecule has 9 nitrogen and oxygen atoms in total. The van der Waals surface area contributed by atoms with E-state index in [1.54, 1.807) is 52.8 Å². The van der Waals surface area contributed by atoms with E-state index in [1.165, 1.54) is 16.8 Å². The number of esters is 1.